The quantitative estimate of drug-likeness (QED) is 0.0575. The van der Waals surface area contributed by atoms with Crippen molar-refractivity contribution in [2.45, 2.75) is 270 Å². The average Bonchev–Trinajstić information content (AvgIpc) is 3.28. The van der Waals surface area contributed by atoms with Crippen molar-refractivity contribution in [2.75, 3.05) is 21.2 Å². The van der Waals surface area contributed by atoms with Crippen LogP contribution < -0.4 is 0 Å². The summed E-state index contributed by atoms with van der Waals surface area (Å²) in [4.78, 5) is 57.9. The van der Waals surface area contributed by atoms with Gasteiger partial charge in [0.15, 0.2) is 18.7 Å². The lowest BCUT2D eigenvalue weighted by Gasteiger charge is -2.49. The summed E-state index contributed by atoms with van der Waals surface area (Å²) in [6.07, 6.45) is -0.179. The molecule has 69 heavy (non-hydrogen) atoms. The molecule has 0 unspecified atom stereocenters. The van der Waals surface area contributed by atoms with Crippen LogP contribution in [0.3, 0.4) is 0 Å². The number of cyclic esters (lactones) is 1. The fourth-order valence-electron chi connectivity index (χ4n) is 11.0. The molecule has 3 aliphatic heterocycles. The highest BCUT2D eigenvalue weighted by Crippen LogP contribution is 2.42. The smallest absolute Gasteiger partial charge is 0.311 e. The number of ether oxygens (including phenoxy) is 8. The van der Waals surface area contributed by atoms with Gasteiger partial charge in [0.2, 0.25) is 0 Å². The van der Waals surface area contributed by atoms with Gasteiger partial charge in [-0.3, -0.25) is 19.2 Å². The predicted molar refractivity (Wildman–Crippen MR) is 261 cm³/mol. The molecule has 3 fully saturated rings. The van der Waals surface area contributed by atoms with Crippen LogP contribution in [0.15, 0.2) is 0 Å². The van der Waals surface area contributed by atoms with Gasteiger partial charge in [0.1, 0.15) is 35.3 Å². The van der Waals surface area contributed by atoms with E-state index in [1.54, 1.807) is 48.5 Å². The van der Waals surface area contributed by atoms with E-state index in [1.807, 2.05) is 32.8 Å². The van der Waals surface area contributed by atoms with Crippen LogP contribution in [0.25, 0.3) is 0 Å². The first kappa shape index (κ1) is 61.0. The number of likely N-dealkylation sites (N-methyl/N-ethyl adjacent to an activating group) is 1. The minimum atomic E-state index is -2.03. The van der Waals surface area contributed by atoms with Crippen molar-refractivity contribution in [1.29, 1.82) is 0 Å². The molecular formula is C53H95NO15. The number of ketones is 1. The minimum absolute atomic E-state index is 0.0725. The highest BCUT2D eigenvalue weighted by Gasteiger charge is 2.55. The topological polar surface area (TPSA) is 206 Å². The number of esters is 3. The molecule has 0 aromatic carbocycles. The number of unbranched alkanes of at least 4 members (excludes halogenated alkanes) is 8. The van der Waals surface area contributed by atoms with Crippen molar-refractivity contribution >= 4 is 23.7 Å². The number of hydrogen-bond donors (Lipinski definition) is 3. The van der Waals surface area contributed by atoms with Crippen LogP contribution in [0.1, 0.15) is 186 Å². The molecule has 0 aromatic rings. The molecule has 0 amide bonds. The van der Waals surface area contributed by atoms with Gasteiger partial charge in [0.05, 0.1) is 41.9 Å². The van der Waals surface area contributed by atoms with Gasteiger partial charge in [-0.15, -0.1) is 0 Å². The molecule has 3 heterocycles. The molecule has 16 nitrogen and oxygen atoms in total. The fraction of sp³-hybridized carbons (Fsp3) is 0.925. The Morgan fingerprint density at radius 1 is 0.739 bits per heavy atom. The first-order valence-corrected chi connectivity index (χ1v) is 26.4. The van der Waals surface area contributed by atoms with Crippen molar-refractivity contribution in [3.05, 3.63) is 0 Å². The van der Waals surface area contributed by atoms with Crippen molar-refractivity contribution in [1.82, 2.24) is 4.90 Å². The molecule has 0 saturated carbocycles. The van der Waals surface area contributed by atoms with Gasteiger partial charge in [-0.2, -0.15) is 0 Å². The Labute approximate surface area is 414 Å². The molecule has 3 saturated heterocycles. The maximum absolute atomic E-state index is 14.7. The minimum Gasteiger partial charge on any atom is -0.459 e. The molecule has 0 aliphatic carbocycles. The van der Waals surface area contributed by atoms with Crippen LogP contribution >= 0.6 is 0 Å². The number of carbonyl (C=O) groups is 4. The molecule has 18 atom stereocenters. The Morgan fingerprint density at radius 2 is 1.29 bits per heavy atom. The summed E-state index contributed by atoms with van der Waals surface area (Å²) in [6, 6.07) is -0.360. The van der Waals surface area contributed by atoms with Gasteiger partial charge in [-0.25, -0.2) is 0 Å². The normalized spacial score (nSPS) is 39.7. The molecule has 0 aromatic heterocycles. The first-order chi connectivity index (χ1) is 32.3. The predicted octanol–water partition coefficient (Wildman–Crippen LogP) is 7.61. The third-order valence-electron chi connectivity index (χ3n) is 15.2. The maximum atomic E-state index is 14.7. The van der Waals surface area contributed by atoms with E-state index in [0.717, 1.165) is 51.4 Å². The Morgan fingerprint density at radius 3 is 1.81 bits per heavy atom. The molecule has 3 aliphatic rings. The monoisotopic (exact) mass is 986 g/mol. The second-order valence-electron chi connectivity index (χ2n) is 21.7. The zero-order chi connectivity index (χ0) is 52.0. The number of Topliss-reactive ketones (excluding diaryl/α,β-unsaturated/α-hetero) is 1. The van der Waals surface area contributed by atoms with Crippen LogP contribution in [-0.4, -0.2) is 149 Å². The second kappa shape index (κ2) is 27.7. The standard InChI is InChI=1S/C53H95NO15/c1-16-19-21-23-25-27-40(55)66-47-34(6)43(57)32(4)30-51(10,60)46(69-50-44(58)38(54(13)14)29-33(5)63-50)35(7)45(36(8)49(59)65-39(18-3)53(47,12)61)68-42-31-52(11,62-15)48(37(9)64-42)67-41(56)28-26-24-22-20-17-2/h32-39,42,44-48,50,58,60-61H,16-31H2,1-15H3/t32-,33-,34+,35+,36-,37+,38+,39-,42+,44-,45+,46-,47-,48+,50+,51+,52-,53+/m1/s1. The largest absolute Gasteiger partial charge is 0.459 e. The molecule has 402 valence electrons. The molecular weight excluding hydrogens is 891 g/mol. The molecule has 16 heteroatoms. The Hall–Kier alpha value is -2.28. The SMILES string of the molecule is CCCCCCCC(=O)O[C@@H]1[C@@H](C)C(=O)[C@H](C)C[C@](C)(O)[C@H](O[C@@H]2O[C@H](C)C[C@H](N(C)C)[C@H]2O)[C@@H](C)[C@H](O[C@H]2C[C@@](C)(OC)[C@@H](OC(=O)CCCCCCC)[C@H](C)O2)[C@@H](C)C(=O)O[C@H](CC)[C@]1(C)O. The van der Waals surface area contributed by atoms with Crippen molar-refractivity contribution in [3.8, 4) is 0 Å². The highest BCUT2D eigenvalue weighted by molar-refractivity contribution is 5.84. The Kier molecular flexibility index (Phi) is 24.5. The van der Waals surface area contributed by atoms with Gasteiger partial charge in [0.25, 0.3) is 0 Å². The summed E-state index contributed by atoms with van der Waals surface area (Å²) in [7, 11) is 5.24. The van der Waals surface area contributed by atoms with Crippen LogP contribution in [0.4, 0.5) is 0 Å². The summed E-state index contributed by atoms with van der Waals surface area (Å²) < 4.78 is 50.8. The van der Waals surface area contributed by atoms with E-state index < -0.39 is 114 Å². The third kappa shape index (κ3) is 16.6. The van der Waals surface area contributed by atoms with E-state index in [9.17, 15) is 34.5 Å². The zero-order valence-electron chi connectivity index (χ0n) is 45.2. The molecule has 0 bridgehead atoms. The van der Waals surface area contributed by atoms with Crippen molar-refractivity contribution in [3.63, 3.8) is 0 Å². The van der Waals surface area contributed by atoms with Crippen LogP contribution in [-0.2, 0) is 57.1 Å². The number of rotatable bonds is 21. The van der Waals surface area contributed by atoms with Gasteiger partial charge in [-0.1, -0.05) is 92.9 Å². The summed E-state index contributed by atoms with van der Waals surface area (Å²) in [6.45, 7) is 21.0. The van der Waals surface area contributed by atoms with Crippen LogP contribution in [0.5, 0.6) is 0 Å². The summed E-state index contributed by atoms with van der Waals surface area (Å²) >= 11 is 0. The maximum Gasteiger partial charge on any atom is 0.311 e. The molecule has 0 spiro atoms. The molecule has 3 rings (SSSR count). The number of aliphatic hydroxyl groups is 3. The third-order valence-corrected chi connectivity index (χ3v) is 15.2. The number of aliphatic hydroxyl groups excluding tert-OH is 1. The lowest BCUT2D eigenvalue weighted by atomic mass is 9.74. The van der Waals surface area contributed by atoms with Crippen LogP contribution in [0.2, 0.25) is 0 Å². The molecule has 3 N–H and O–H groups in total. The average molecular weight is 986 g/mol. The summed E-state index contributed by atoms with van der Waals surface area (Å²) in [5, 5.41) is 37.0. The summed E-state index contributed by atoms with van der Waals surface area (Å²) in [5.41, 5.74) is -4.99. The Bertz CT molecular complexity index is 1590. The van der Waals surface area contributed by atoms with E-state index >= 15 is 0 Å². The van der Waals surface area contributed by atoms with Crippen molar-refractivity contribution in [2.24, 2.45) is 23.7 Å². The first-order valence-electron chi connectivity index (χ1n) is 26.4. The molecule has 0 radical (unpaired) electrons. The highest BCUT2D eigenvalue weighted by atomic mass is 16.7. The second-order valence-corrected chi connectivity index (χ2v) is 21.7. The van der Waals surface area contributed by atoms with Crippen LogP contribution in [0, 0.1) is 23.7 Å². The number of hydrogen-bond acceptors (Lipinski definition) is 16. The summed E-state index contributed by atoms with van der Waals surface area (Å²) in [5.74, 6) is -6.11. The van der Waals surface area contributed by atoms with E-state index in [1.165, 1.54) is 14.0 Å². The van der Waals surface area contributed by atoms with E-state index in [4.69, 9.17) is 37.9 Å². The van der Waals surface area contributed by atoms with Crippen molar-refractivity contribution < 1.29 is 72.4 Å². The van der Waals surface area contributed by atoms with E-state index in [0.29, 0.717) is 19.3 Å². The van der Waals surface area contributed by atoms with Gasteiger partial charge in [0, 0.05) is 44.2 Å². The van der Waals surface area contributed by atoms with Gasteiger partial charge in [-0.05, 0) is 87.7 Å². The van der Waals surface area contributed by atoms with E-state index in [-0.39, 0.29) is 50.2 Å². The Balaban J connectivity index is 2.14. The number of carbonyl (C=O) groups excluding carboxylic acids is 4. The zero-order valence-corrected chi connectivity index (χ0v) is 45.2. The van der Waals surface area contributed by atoms with Gasteiger partial charge < -0.3 is 58.1 Å². The van der Waals surface area contributed by atoms with Gasteiger partial charge >= 0.3 is 17.9 Å². The fourth-order valence-corrected chi connectivity index (χ4v) is 11.0. The number of methoxy groups -OCH3 is 1. The van der Waals surface area contributed by atoms with E-state index in [2.05, 4.69) is 13.8 Å². The number of nitrogens with zero attached hydrogens (tertiary/aromatic N) is 1. The lowest BCUT2D eigenvalue weighted by molar-refractivity contribution is -0.318. The lowest BCUT2D eigenvalue weighted by Crippen LogP contribution is -2.61.